The van der Waals surface area contributed by atoms with E-state index in [0.717, 1.165) is 25.0 Å². The van der Waals surface area contributed by atoms with Gasteiger partial charge in [-0.05, 0) is 43.0 Å². The molecular weight excluding hydrogens is 319 g/mol. The minimum absolute atomic E-state index is 0.0522. The summed E-state index contributed by atoms with van der Waals surface area (Å²) >= 11 is 0. The van der Waals surface area contributed by atoms with Crippen molar-refractivity contribution in [3.63, 3.8) is 0 Å². The zero-order valence-corrected chi connectivity index (χ0v) is 13.5. The number of rotatable bonds is 3. The smallest absolute Gasteiger partial charge is 0.381 e. The maximum absolute atomic E-state index is 12.5. The van der Waals surface area contributed by atoms with Crippen molar-refractivity contribution < 1.29 is 22.7 Å². The summed E-state index contributed by atoms with van der Waals surface area (Å²) in [7, 11) is 0. The van der Waals surface area contributed by atoms with Crippen molar-refractivity contribution in [1.82, 2.24) is 5.32 Å². The fraction of sp³-hybridized carbons (Fsp3) is 0.500. The molecular formula is C18H20F3NO2. The third-order valence-corrected chi connectivity index (χ3v) is 4.18. The number of hydrogen-bond acceptors (Lipinski definition) is 2. The van der Waals surface area contributed by atoms with Crippen LogP contribution in [0.15, 0.2) is 24.3 Å². The summed E-state index contributed by atoms with van der Waals surface area (Å²) in [4.78, 5) is 12.1. The molecule has 2 rings (SSSR count). The maximum atomic E-state index is 12.5. The molecule has 1 aromatic rings. The first-order valence-electron chi connectivity index (χ1n) is 7.89. The van der Waals surface area contributed by atoms with Gasteiger partial charge in [0.1, 0.15) is 0 Å². The minimum Gasteiger partial charge on any atom is -0.381 e. The minimum atomic E-state index is -4.35. The second kappa shape index (κ2) is 8.20. The number of carbonyl (C=O) groups excluding carboxylic acids is 1. The molecule has 1 fully saturated rings. The lowest BCUT2D eigenvalue weighted by molar-refractivity contribution is -0.137. The standard InChI is InChI=1S/C18H20F3NO2/c1-13(15-8-11-24-12-9-15)17(23)22-10-2-3-14-4-6-16(7-5-14)18(19,20)21/h4-7,13,15H,8-12H2,1H3,(H,22,23)/t13-/m1/s1. The quantitative estimate of drug-likeness (QED) is 0.859. The van der Waals surface area contributed by atoms with Crippen LogP contribution in [-0.4, -0.2) is 25.7 Å². The van der Waals surface area contributed by atoms with Crippen LogP contribution in [0.1, 0.15) is 30.9 Å². The van der Waals surface area contributed by atoms with Gasteiger partial charge < -0.3 is 10.1 Å². The summed E-state index contributed by atoms with van der Waals surface area (Å²) in [6.45, 7) is 3.45. The lowest BCUT2D eigenvalue weighted by Gasteiger charge is -2.26. The van der Waals surface area contributed by atoms with Crippen molar-refractivity contribution in [2.45, 2.75) is 25.9 Å². The normalized spacial score (nSPS) is 16.8. The van der Waals surface area contributed by atoms with Crippen LogP contribution < -0.4 is 5.32 Å². The molecule has 0 bridgehead atoms. The third kappa shape index (κ3) is 5.27. The molecule has 0 aliphatic carbocycles. The zero-order chi connectivity index (χ0) is 17.6. The molecule has 1 amide bonds. The van der Waals surface area contributed by atoms with E-state index in [2.05, 4.69) is 17.2 Å². The van der Waals surface area contributed by atoms with Gasteiger partial charge in [-0.25, -0.2) is 0 Å². The highest BCUT2D eigenvalue weighted by Crippen LogP contribution is 2.29. The van der Waals surface area contributed by atoms with Crippen LogP contribution in [0.4, 0.5) is 13.2 Å². The highest BCUT2D eigenvalue weighted by Gasteiger charge is 2.29. The lowest BCUT2D eigenvalue weighted by Crippen LogP contribution is -2.35. The highest BCUT2D eigenvalue weighted by atomic mass is 19.4. The third-order valence-electron chi connectivity index (χ3n) is 4.18. The molecule has 1 aliphatic heterocycles. The first-order valence-corrected chi connectivity index (χ1v) is 7.89. The average Bonchev–Trinajstić information content (AvgIpc) is 2.58. The van der Waals surface area contributed by atoms with Crippen LogP contribution >= 0.6 is 0 Å². The number of amides is 1. The Morgan fingerprint density at radius 2 is 1.92 bits per heavy atom. The van der Waals surface area contributed by atoms with E-state index in [1.165, 1.54) is 12.1 Å². The second-order valence-electron chi connectivity index (χ2n) is 5.83. The van der Waals surface area contributed by atoms with Gasteiger partial charge in [0, 0.05) is 24.7 Å². The predicted molar refractivity (Wildman–Crippen MR) is 84.0 cm³/mol. The lowest BCUT2D eigenvalue weighted by atomic mass is 9.87. The molecule has 0 unspecified atom stereocenters. The molecule has 130 valence electrons. The number of ether oxygens (including phenoxy) is 1. The Balaban J connectivity index is 1.81. The largest absolute Gasteiger partial charge is 0.416 e. The van der Waals surface area contributed by atoms with E-state index < -0.39 is 11.7 Å². The summed E-state index contributed by atoms with van der Waals surface area (Å²) < 4.78 is 42.6. The van der Waals surface area contributed by atoms with E-state index in [9.17, 15) is 18.0 Å². The maximum Gasteiger partial charge on any atom is 0.416 e. The van der Waals surface area contributed by atoms with Crippen molar-refractivity contribution in [1.29, 1.82) is 0 Å². The van der Waals surface area contributed by atoms with E-state index in [1.807, 2.05) is 6.92 Å². The molecule has 0 radical (unpaired) electrons. The van der Waals surface area contributed by atoms with Crippen molar-refractivity contribution in [3.05, 3.63) is 35.4 Å². The van der Waals surface area contributed by atoms with Crippen molar-refractivity contribution in [3.8, 4) is 11.8 Å². The molecule has 24 heavy (non-hydrogen) atoms. The van der Waals surface area contributed by atoms with Crippen LogP contribution in [-0.2, 0) is 15.7 Å². The van der Waals surface area contributed by atoms with Crippen LogP contribution in [0.25, 0.3) is 0 Å². The summed E-state index contributed by atoms with van der Waals surface area (Å²) in [6.07, 6.45) is -2.59. The highest BCUT2D eigenvalue weighted by molar-refractivity contribution is 5.78. The van der Waals surface area contributed by atoms with Crippen molar-refractivity contribution in [2.75, 3.05) is 19.8 Å². The van der Waals surface area contributed by atoms with Crippen LogP contribution in [0, 0.1) is 23.7 Å². The Morgan fingerprint density at radius 3 is 2.50 bits per heavy atom. The van der Waals surface area contributed by atoms with Crippen molar-refractivity contribution in [2.24, 2.45) is 11.8 Å². The summed E-state index contributed by atoms with van der Waals surface area (Å²) in [5, 5.41) is 2.75. The summed E-state index contributed by atoms with van der Waals surface area (Å²) in [5.41, 5.74) is -0.221. The summed E-state index contributed by atoms with van der Waals surface area (Å²) in [6, 6.07) is 4.64. The number of benzene rings is 1. The van der Waals surface area contributed by atoms with Crippen molar-refractivity contribution >= 4 is 5.91 Å². The summed E-state index contributed by atoms with van der Waals surface area (Å²) in [5.74, 6) is 5.68. The predicted octanol–water partition coefficient (Wildman–Crippen LogP) is 3.24. The molecule has 1 heterocycles. The average molecular weight is 339 g/mol. The molecule has 0 saturated carbocycles. The van der Waals surface area contributed by atoms with E-state index in [1.54, 1.807) is 0 Å². The molecule has 1 saturated heterocycles. The monoisotopic (exact) mass is 339 g/mol. The number of hydrogen-bond donors (Lipinski definition) is 1. The number of nitrogens with one attached hydrogen (secondary N) is 1. The Morgan fingerprint density at radius 1 is 1.29 bits per heavy atom. The Labute approximate surface area is 139 Å². The first kappa shape index (κ1) is 18.3. The molecule has 1 N–H and O–H groups in total. The number of alkyl halides is 3. The molecule has 0 aromatic heterocycles. The Kier molecular flexibility index (Phi) is 6.27. The van der Waals surface area contributed by atoms with Gasteiger partial charge in [0.25, 0.3) is 0 Å². The fourth-order valence-corrected chi connectivity index (χ4v) is 2.61. The van der Waals surface area contributed by atoms with Crippen LogP contribution in [0.5, 0.6) is 0 Å². The molecule has 1 aliphatic rings. The zero-order valence-electron chi connectivity index (χ0n) is 13.5. The van der Waals surface area contributed by atoms with Gasteiger partial charge in [0.2, 0.25) is 5.91 Å². The van der Waals surface area contributed by atoms with Crippen LogP contribution in [0.3, 0.4) is 0 Å². The fourth-order valence-electron chi connectivity index (χ4n) is 2.61. The Hall–Kier alpha value is -2.00. The van der Waals surface area contributed by atoms with E-state index in [4.69, 9.17) is 4.74 Å². The molecule has 1 aromatic carbocycles. The molecule has 6 heteroatoms. The van der Waals surface area contributed by atoms with Crippen LogP contribution in [0.2, 0.25) is 0 Å². The van der Waals surface area contributed by atoms with Gasteiger partial charge in [-0.1, -0.05) is 18.8 Å². The van der Waals surface area contributed by atoms with E-state index >= 15 is 0 Å². The first-order chi connectivity index (χ1) is 11.4. The van der Waals surface area contributed by atoms with E-state index in [-0.39, 0.29) is 18.4 Å². The molecule has 1 atom stereocenters. The Bertz CT molecular complexity index is 608. The number of halogens is 3. The van der Waals surface area contributed by atoms with Gasteiger partial charge in [-0.15, -0.1) is 0 Å². The number of carbonyl (C=O) groups is 1. The molecule has 0 spiro atoms. The van der Waals surface area contributed by atoms with Gasteiger partial charge in [-0.3, -0.25) is 4.79 Å². The topological polar surface area (TPSA) is 38.3 Å². The molecule has 3 nitrogen and oxygen atoms in total. The van der Waals surface area contributed by atoms with E-state index in [0.29, 0.717) is 24.7 Å². The SMILES string of the molecule is C[C@@H](C(=O)NCC#Cc1ccc(C(F)(F)F)cc1)C1CCOCC1. The van der Waals surface area contributed by atoms with Gasteiger partial charge in [0.15, 0.2) is 0 Å². The van der Waals surface area contributed by atoms with Gasteiger partial charge >= 0.3 is 6.18 Å². The van der Waals surface area contributed by atoms with Gasteiger partial charge in [-0.2, -0.15) is 13.2 Å². The van der Waals surface area contributed by atoms with Gasteiger partial charge in [0.05, 0.1) is 12.1 Å². The second-order valence-corrected chi connectivity index (χ2v) is 5.83.